The summed E-state index contributed by atoms with van der Waals surface area (Å²) in [6, 6.07) is 19.2. The van der Waals surface area contributed by atoms with E-state index in [9.17, 15) is 4.79 Å². The number of aryl methyl sites for hydroxylation is 1. The van der Waals surface area contributed by atoms with Crippen molar-refractivity contribution in [2.75, 3.05) is 11.6 Å². The van der Waals surface area contributed by atoms with Crippen LogP contribution in [0.3, 0.4) is 0 Å². The number of benzene rings is 2. The number of nitrogens with one attached hydrogen (secondary N) is 1. The number of carbonyl (C=O) groups is 1. The van der Waals surface area contributed by atoms with E-state index >= 15 is 0 Å². The monoisotopic (exact) mass is 403 g/mol. The van der Waals surface area contributed by atoms with Crippen molar-refractivity contribution in [2.24, 2.45) is 0 Å². The van der Waals surface area contributed by atoms with Crippen LogP contribution in [-0.4, -0.2) is 21.5 Å². The number of nitrogens with zero attached hydrogens (tertiary/aromatic N) is 2. The third-order valence-corrected chi connectivity index (χ3v) is 5.31. The SMILES string of the molecule is CSc1ccc(C)c(C(=O)Nc2cccc(OCc3cn4ccccc4n3)c2)c1. The van der Waals surface area contributed by atoms with Crippen LogP contribution in [0.5, 0.6) is 5.75 Å². The summed E-state index contributed by atoms with van der Waals surface area (Å²) in [5.41, 5.74) is 4.04. The predicted octanol–water partition coefficient (Wildman–Crippen LogP) is 5.20. The Bertz CT molecular complexity index is 1140. The van der Waals surface area contributed by atoms with Gasteiger partial charge in [0.1, 0.15) is 18.0 Å². The van der Waals surface area contributed by atoms with Crippen LogP contribution in [0.4, 0.5) is 5.69 Å². The topological polar surface area (TPSA) is 55.6 Å². The zero-order valence-electron chi connectivity index (χ0n) is 16.3. The first kappa shape index (κ1) is 19.1. The molecule has 0 aliphatic rings. The molecule has 0 aliphatic heterocycles. The van der Waals surface area contributed by atoms with Crippen molar-refractivity contribution in [3.8, 4) is 5.75 Å². The summed E-state index contributed by atoms with van der Waals surface area (Å²) in [7, 11) is 0. The van der Waals surface area contributed by atoms with Crippen molar-refractivity contribution < 1.29 is 9.53 Å². The van der Waals surface area contributed by atoms with Crippen molar-refractivity contribution in [1.82, 2.24) is 9.38 Å². The number of rotatable bonds is 6. The molecule has 6 heteroatoms. The van der Waals surface area contributed by atoms with Crippen LogP contribution in [-0.2, 0) is 6.61 Å². The molecule has 0 aliphatic carbocycles. The number of anilines is 1. The molecule has 4 aromatic rings. The zero-order chi connectivity index (χ0) is 20.2. The van der Waals surface area contributed by atoms with Gasteiger partial charge in [0.25, 0.3) is 5.91 Å². The van der Waals surface area contributed by atoms with Crippen molar-refractivity contribution in [1.29, 1.82) is 0 Å². The summed E-state index contributed by atoms with van der Waals surface area (Å²) in [5, 5.41) is 2.96. The van der Waals surface area contributed by atoms with Crippen molar-refractivity contribution in [3.05, 3.63) is 89.9 Å². The molecular formula is C23H21N3O2S. The normalized spacial score (nSPS) is 10.8. The lowest BCUT2D eigenvalue weighted by atomic mass is 10.1. The lowest BCUT2D eigenvalue weighted by Gasteiger charge is -2.11. The van der Waals surface area contributed by atoms with Crippen LogP contribution in [0.25, 0.3) is 5.65 Å². The molecule has 1 N–H and O–H groups in total. The molecule has 0 radical (unpaired) electrons. The largest absolute Gasteiger partial charge is 0.487 e. The number of carbonyl (C=O) groups excluding carboxylic acids is 1. The van der Waals surface area contributed by atoms with Crippen LogP contribution in [0.15, 0.2) is 78.0 Å². The summed E-state index contributed by atoms with van der Waals surface area (Å²) < 4.78 is 7.84. The van der Waals surface area contributed by atoms with E-state index in [4.69, 9.17) is 4.74 Å². The van der Waals surface area contributed by atoms with E-state index in [0.717, 1.165) is 21.8 Å². The molecule has 0 saturated heterocycles. The van der Waals surface area contributed by atoms with Gasteiger partial charge in [0.2, 0.25) is 0 Å². The fourth-order valence-electron chi connectivity index (χ4n) is 3.05. The van der Waals surface area contributed by atoms with Crippen LogP contribution in [0.2, 0.25) is 0 Å². The highest BCUT2D eigenvalue weighted by atomic mass is 32.2. The van der Waals surface area contributed by atoms with E-state index in [2.05, 4.69) is 10.3 Å². The van der Waals surface area contributed by atoms with Gasteiger partial charge in [-0.25, -0.2) is 4.98 Å². The van der Waals surface area contributed by atoms with E-state index in [-0.39, 0.29) is 5.91 Å². The van der Waals surface area contributed by atoms with Crippen LogP contribution in [0.1, 0.15) is 21.6 Å². The van der Waals surface area contributed by atoms with E-state index in [1.807, 2.05) is 90.6 Å². The summed E-state index contributed by atoms with van der Waals surface area (Å²) in [6.45, 7) is 2.29. The number of amides is 1. The summed E-state index contributed by atoms with van der Waals surface area (Å²) in [6.07, 6.45) is 5.90. The molecule has 0 unspecified atom stereocenters. The molecule has 2 aromatic carbocycles. The molecule has 0 bridgehead atoms. The number of hydrogen-bond acceptors (Lipinski definition) is 4. The van der Waals surface area contributed by atoms with Crippen molar-refractivity contribution >= 4 is 29.0 Å². The van der Waals surface area contributed by atoms with Gasteiger partial charge in [0.05, 0.1) is 5.69 Å². The van der Waals surface area contributed by atoms with Gasteiger partial charge in [-0.1, -0.05) is 18.2 Å². The lowest BCUT2D eigenvalue weighted by molar-refractivity contribution is 0.102. The van der Waals surface area contributed by atoms with Gasteiger partial charge in [-0.2, -0.15) is 0 Å². The molecular weight excluding hydrogens is 382 g/mol. The first-order valence-electron chi connectivity index (χ1n) is 9.24. The molecule has 0 saturated carbocycles. The van der Waals surface area contributed by atoms with Gasteiger partial charge < -0.3 is 14.5 Å². The van der Waals surface area contributed by atoms with Gasteiger partial charge in [0, 0.05) is 34.6 Å². The van der Waals surface area contributed by atoms with Crippen LogP contribution >= 0.6 is 11.8 Å². The minimum atomic E-state index is -0.129. The Labute approximate surface area is 173 Å². The number of aromatic nitrogens is 2. The van der Waals surface area contributed by atoms with E-state index in [1.165, 1.54) is 0 Å². The third-order valence-electron chi connectivity index (χ3n) is 4.58. The average Bonchev–Trinajstić information content (AvgIpc) is 3.16. The number of imidazole rings is 1. The quantitative estimate of drug-likeness (QED) is 0.450. The Balaban J connectivity index is 1.45. The zero-order valence-corrected chi connectivity index (χ0v) is 17.1. The van der Waals surface area contributed by atoms with Gasteiger partial charge in [-0.3, -0.25) is 4.79 Å². The molecule has 29 heavy (non-hydrogen) atoms. The minimum Gasteiger partial charge on any atom is -0.487 e. The number of fused-ring (bicyclic) bond motifs is 1. The number of hydrogen-bond donors (Lipinski definition) is 1. The molecule has 0 atom stereocenters. The van der Waals surface area contributed by atoms with Gasteiger partial charge >= 0.3 is 0 Å². The van der Waals surface area contributed by atoms with Gasteiger partial charge in [-0.15, -0.1) is 11.8 Å². The van der Waals surface area contributed by atoms with E-state index in [1.54, 1.807) is 11.8 Å². The molecule has 4 rings (SSSR count). The maximum atomic E-state index is 12.7. The smallest absolute Gasteiger partial charge is 0.255 e. The Kier molecular flexibility index (Phi) is 5.53. The van der Waals surface area contributed by atoms with Gasteiger partial charge in [-0.05, 0) is 55.1 Å². The Morgan fingerprint density at radius 1 is 1.14 bits per heavy atom. The Hall–Kier alpha value is -3.25. The lowest BCUT2D eigenvalue weighted by Crippen LogP contribution is -2.13. The first-order chi connectivity index (χ1) is 14.1. The van der Waals surface area contributed by atoms with Crippen LogP contribution < -0.4 is 10.1 Å². The highest BCUT2D eigenvalue weighted by Crippen LogP contribution is 2.22. The third kappa shape index (κ3) is 4.43. The summed E-state index contributed by atoms with van der Waals surface area (Å²) in [4.78, 5) is 18.3. The number of ether oxygens (including phenoxy) is 1. The second-order valence-corrected chi connectivity index (χ2v) is 7.53. The highest BCUT2D eigenvalue weighted by molar-refractivity contribution is 7.98. The average molecular weight is 404 g/mol. The summed E-state index contributed by atoms with van der Waals surface area (Å²) >= 11 is 1.62. The summed E-state index contributed by atoms with van der Waals surface area (Å²) in [5.74, 6) is 0.547. The van der Waals surface area contributed by atoms with Crippen LogP contribution in [0, 0.1) is 6.92 Å². The Morgan fingerprint density at radius 3 is 2.86 bits per heavy atom. The van der Waals surface area contributed by atoms with Crippen molar-refractivity contribution in [2.45, 2.75) is 18.4 Å². The molecule has 146 valence electrons. The predicted molar refractivity (Wildman–Crippen MR) is 117 cm³/mol. The molecule has 0 fully saturated rings. The molecule has 0 spiro atoms. The van der Waals surface area contributed by atoms with Crippen molar-refractivity contribution in [3.63, 3.8) is 0 Å². The number of thioether (sulfide) groups is 1. The molecule has 2 aromatic heterocycles. The second-order valence-electron chi connectivity index (χ2n) is 6.65. The molecule has 1 amide bonds. The number of pyridine rings is 1. The molecule has 5 nitrogen and oxygen atoms in total. The van der Waals surface area contributed by atoms with Gasteiger partial charge in [0.15, 0.2) is 0 Å². The second kappa shape index (κ2) is 8.41. The standard InChI is InChI=1S/C23H21N3O2S/c1-16-9-10-20(29-2)13-21(16)23(27)25-17-6-5-7-19(12-17)28-15-18-14-26-11-4-3-8-22(26)24-18/h3-14H,15H2,1-2H3,(H,25,27). The maximum Gasteiger partial charge on any atom is 0.255 e. The highest BCUT2D eigenvalue weighted by Gasteiger charge is 2.11. The maximum absolute atomic E-state index is 12.7. The van der Waals surface area contributed by atoms with E-state index in [0.29, 0.717) is 23.6 Å². The first-order valence-corrected chi connectivity index (χ1v) is 10.5. The Morgan fingerprint density at radius 2 is 2.03 bits per heavy atom. The fourth-order valence-corrected chi connectivity index (χ4v) is 3.49. The molecule has 2 heterocycles. The fraction of sp³-hybridized carbons (Fsp3) is 0.130. The van der Waals surface area contributed by atoms with E-state index < -0.39 is 0 Å². The minimum absolute atomic E-state index is 0.129.